The van der Waals surface area contributed by atoms with Crippen LogP contribution in [-0.2, 0) is 4.79 Å². The van der Waals surface area contributed by atoms with E-state index in [-0.39, 0.29) is 5.92 Å². The van der Waals surface area contributed by atoms with Crippen molar-refractivity contribution in [2.75, 3.05) is 0 Å². The van der Waals surface area contributed by atoms with Gasteiger partial charge in [0.15, 0.2) is 0 Å². The maximum atomic E-state index is 11.0. The molecule has 0 aromatic rings. The molecule has 0 rings (SSSR count). The van der Waals surface area contributed by atoms with Crippen molar-refractivity contribution in [2.45, 2.75) is 58.4 Å². The van der Waals surface area contributed by atoms with Crippen LogP contribution in [0.2, 0.25) is 6.32 Å². The lowest BCUT2D eigenvalue weighted by Gasteiger charge is -2.26. The summed E-state index contributed by atoms with van der Waals surface area (Å²) in [6.45, 7) is 3.69. The van der Waals surface area contributed by atoms with Crippen LogP contribution in [0.1, 0.15) is 46.0 Å². The average Bonchev–Trinajstić information content (AvgIpc) is 2.30. The molecule has 0 saturated heterocycles. The average molecular weight is 243 g/mol. The van der Waals surface area contributed by atoms with Crippen LogP contribution in [-0.4, -0.2) is 34.8 Å². The van der Waals surface area contributed by atoms with E-state index in [4.69, 9.17) is 10.1 Å². The van der Waals surface area contributed by atoms with Crippen LogP contribution in [0.3, 0.4) is 0 Å². The minimum atomic E-state index is -0.862. The first kappa shape index (κ1) is 16.5. The molecule has 3 atom stereocenters. The van der Waals surface area contributed by atoms with Crippen molar-refractivity contribution in [3.05, 3.63) is 0 Å². The second-order valence-corrected chi connectivity index (χ2v) is 4.61. The van der Waals surface area contributed by atoms with Crippen molar-refractivity contribution in [3.8, 4) is 0 Å². The highest BCUT2D eigenvalue weighted by atomic mass is 16.4. The van der Waals surface area contributed by atoms with Crippen LogP contribution in [0.15, 0.2) is 0 Å². The van der Waals surface area contributed by atoms with Crippen LogP contribution in [0.5, 0.6) is 0 Å². The zero-order valence-corrected chi connectivity index (χ0v) is 10.8. The Kier molecular flexibility index (Phi) is 9.18. The Morgan fingerprint density at radius 3 is 2.41 bits per heavy atom. The summed E-state index contributed by atoms with van der Waals surface area (Å²) in [4.78, 5) is 11.0. The Labute approximate surface area is 104 Å². The third kappa shape index (κ3) is 6.69. The Bertz CT molecular complexity index is 211. The first-order valence-electron chi connectivity index (χ1n) is 6.41. The van der Waals surface area contributed by atoms with Gasteiger partial charge in [-0.15, -0.1) is 0 Å². The Balaban J connectivity index is 4.31. The molecule has 17 heavy (non-hydrogen) atoms. The van der Waals surface area contributed by atoms with Gasteiger partial charge in [-0.25, -0.2) is 0 Å². The third-order valence-corrected chi connectivity index (χ3v) is 3.25. The molecule has 99 valence electrons. The van der Waals surface area contributed by atoms with Gasteiger partial charge in [-0.3, -0.25) is 4.79 Å². The van der Waals surface area contributed by atoms with E-state index in [2.05, 4.69) is 0 Å². The Morgan fingerprint density at radius 2 is 1.94 bits per heavy atom. The van der Waals surface area contributed by atoms with Crippen LogP contribution >= 0.6 is 0 Å². The zero-order valence-electron chi connectivity index (χ0n) is 10.8. The van der Waals surface area contributed by atoms with Crippen molar-refractivity contribution < 1.29 is 20.0 Å². The second kappa shape index (κ2) is 9.48. The fourth-order valence-corrected chi connectivity index (χ4v) is 2.03. The highest BCUT2D eigenvalue weighted by Crippen LogP contribution is 2.25. The van der Waals surface area contributed by atoms with Crippen LogP contribution in [0.25, 0.3) is 0 Å². The molecule has 0 aliphatic carbocycles. The highest BCUT2D eigenvalue weighted by Gasteiger charge is 2.29. The molecule has 0 aliphatic rings. The number of unbranched alkanes of at least 4 members (excludes halogenated alkanes) is 1. The number of carboxylic acid groups (broad SMARTS) is 1. The fraction of sp³-hybridized carbons (Fsp3) is 0.917. The first-order valence-corrected chi connectivity index (χ1v) is 6.41. The van der Waals surface area contributed by atoms with Gasteiger partial charge in [0.25, 0.3) is 7.48 Å². The predicted octanol–water partition coefficient (Wildman–Crippen LogP) is 1.68. The predicted molar refractivity (Wildman–Crippen MR) is 67.8 cm³/mol. The molecule has 1 radical (unpaired) electrons. The van der Waals surface area contributed by atoms with E-state index < -0.39 is 18.0 Å². The molecule has 5 heteroatoms. The number of aliphatic hydroxyl groups is 1. The number of hydrogen-bond acceptors (Lipinski definition) is 3. The molecule has 0 fully saturated rings. The molecule has 3 N–H and O–H groups in total. The largest absolute Gasteiger partial charge is 0.481 e. The Hall–Kier alpha value is -0.545. The number of carboxylic acids is 1. The molecule has 0 aliphatic heterocycles. The smallest absolute Gasteiger partial charge is 0.306 e. The summed E-state index contributed by atoms with van der Waals surface area (Å²) in [6, 6.07) is 0. The van der Waals surface area contributed by atoms with E-state index in [1.165, 1.54) is 0 Å². The summed E-state index contributed by atoms with van der Waals surface area (Å²) in [5.74, 6) is -1.63. The topological polar surface area (TPSA) is 77.8 Å². The van der Waals surface area contributed by atoms with Crippen LogP contribution in [0.4, 0.5) is 0 Å². The van der Waals surface area contributed by atoms with E-state index in [9.17, 15) is 9.90 Å². The second-order valence-electron chi connectivity index (χ2n) is 4.61. The number of rotatable bonds is 10. The summed E-state index contributed by atoms with van der Waals surface area (Å²) in [5.41, 5.74) is 0. The van der Waals surface area contributed by atoms with Gasteiger partial charge in [-0.05, 0) is 18.8 Å². The van der Waals surface area contributed by atoms with Gasteiger partial charge in [0.2, 0.25) is 0 Å². The number of aliphatic carboxylic acids is 1. The minimum Gasteiger partial charge on any atom is -0.481 e. The van der Waals surface area contributed by atoms with Gasteiger partial charge in [0.05, 0.1) is 12.0 Å². The molecule has 0 heterocycles. The number of hydrogen-bond donors (Lipinski definition) is 3. The molecular weight excluding hydrogens is 219 g/mol. The van der Waals surface area contributed by atoms with Crippen molar-refractivity contribution in [3.63, 3.8) is 0 Å². The third-order valence-electron chi connectivity index (χ3n) is 3.25. The number of carbonyl (C=O) groups is 1. The van der Waals surface area contributed by atoms with E-state index in [1.54, 1.807) is 6.92 Å². The molecule has 3 unspecified atom stereocenters. The summed E-state index contributed by atoms with van der Waals surface area (Å²) in [5, 5.41) is 27.6. The quantitative estimate of drug-likeness (QED) is 0.403. The summed E-state index contributed by atoms with van der Waals surface area (Å²) in [7, 11) is 1.08. The summed E-state index contributed by atoms with van der Waals surface area (Å²) >= 11 is 0. The lowest BCUT2D eigenvalue weighted by Crippen LogP contribution is -2.31. The molecule has 0 spiro atoms. The van der Waals surface area contributed by atoms with Crippen molar-refractivity contribution in [1.29, 1.82) is 0 Å². The van der Waals surface area contributed by atoms with Crippen LogP contribution in [0, 0.1) is 11.8 Å². The maximum absolute atomic E-state index is 11.0. The lowest BCUT2D eigenvalue weighted by molar-refractivity contribution is -0.145. The van der Waals surface area contributed by atoms with Gasteiger partial charge in [-0.1, -0.05) is 39.4 Å². The Morgan fingerprint density at radius 1 is 1.29 bits per heavy atom. The van der Waals surface area contributed by atoms with Crippen molar-refractivity contribution in [1.82, 2.24) is 0 Å². The van der Waals surface area contributed by atoms with Gasteiger partial charge < -0.3 is 15.2 Å². The van der Waals surface area contributed by atoms with E-state index in [0.717, 1.165) is 20.3 Å². The summed E-state index contributed by atoms with van der Waals surface area (Å²) in [6.07, 6.45) is 3.90. The molecule has 4 nitrogen and oxygen atoms in total. The lowest BCUT2D eigenvalue weighted by atomic mass is 9.80. The van der Waals surface area contributed by atoms with E-state index in [1.807, 2.05) is 6.92 Å². The monoisotopic (exact) mass is 243 g/mol. The minimum absolute atomic E-state index is 0.223. The molecular formula is C12H24BO4. The van der Waals surface area contributed by atoms with Gasteiger partial charge >= 0.3 is 5.97 Å². The first-order chi connectivity index (χ1) is 8.04. The standard InChI is InChI=1S/C12H24BO4/c1-3-4-7-11(14)10(6-5-8-13-17)9(2)12(15)16/h9-11,14,17H,3-8H2,1-2H3,(H,15,16). The van der Waals surface area contributed by atoms with E-state index >= 15 is 0 Å². The number of aliphatic hydroxyl groups excluding tert-OH is 1. The summed E-state index contributed by atoms with van der Waals surface area (Å²) < 4.78 is 0. The molecule has 0 aromatic heterocycles. The van der Waals surface area contributed by atoms with E-state index in [0.29, 0.717) is 25.6 Å². The fourth-order valence-electron chi connectivity index (χ4n) is 2.03. The molecule has 0 aromatic carbocycles. The maximum Gasteiger partial charge on any atom is 0.306 e. The van der Waals surface area contributed by atoms with Gasteiger partial charge in [0, 0.05) is 0 Å². The SMILES string of the molecule is CCCCC(O)C(CCC[B]O)C(C)C(=O)O. The highest BCUT2D eigenvalue weighted by molar-refractivity contribution is 6.25. The zero-order chi connectivity index (χ0) is 13.3. The molecule has 0 saturated carbocycles. The molecule has 0 bridgehead atoms. The van der Waals surface area contributed by atoms with Gasteiger partial charge in [-0.2, -0.15) is 0 Å². The van der Waals surface area contributed by atoms with Gasteiger partial charge in [0.1, 0.15) is 0 Å². The van der Waals surface area contributed by atoms with Crippen LogP contribution < -0.4 is 0 Å². The normalized spacial score (nSPS) is 16.2. The van der Waals surface area contributed by atoms with Crippen molar-refractivity contribution >= 4 is 13.5 Å². The van der Waals surface area contributed by atoms with Crippen molar-refractivity contribution in [2.24, 2.45) is 11.8 Å². The molecule has 0 amide bonds.